The molecule has 29 heavy (non-hydrogen) atoms. The Morgan fingerprint density at radius 3 is 2.52 bits per heavy atom. The Balaban J connectivity index is 1.35. The molecule has 2 heterocycles. The lowest BCUT2D eigenvalue weighted by atomic mass is 10.1. The van der Waals surface area contributed by atoms with Crippen LogP contribution in [0.25, 0.3) is 0 Å². The number of morpholine rings is 1. The van der Waals surface area contributed by atoms with Crippen molar-refractivity contribution in [2.45, 2.75) is 12.5 Å². The van der Waals surface area contributed by atoms with Gasteiger partial charge in [-0.1, -0.05) is 35.6 Å². The van der Waals surface area contributed by atoms with Gasteiger partial charge in [0.15, 0.2) is 0 Å². The summed E-state index contributed by atoms with van der Waals surface area (Å²) in [6.07, 6.45) is 0.205. The predicted octanol–water partition coefficient (Wildman–Crippen LogP) is 4.01. The topological polar surface area (TPSA) is 67.4 Å². The van der Waals surface area contributed by atoms with Crippen LogP contribution in [0.1, 0.15) is 22.2 Å². The molecule has 0 saturated carbocycles. The number of benzene rings is 2. The van der Waals surface area contributed by atoms with Gasteiger partial charge in [-0.05, 0) is 35.4 Å². The molecule has 0 radical (unpaired) electrons. The Hall–Kier alpha value is -2.91. The monoisotopic (exact) mass is 416 g/mol. The maximum Gasteiger partial charge on any atom is 0.323 e. The van der Waals surface area contributed by atoms with Gasteiger partial charge in [0.25, 0.3) is 0 Å². The lowest BCUT2D eigenvalue weighted by Crippen LogP contribution is -2.44. The summed E-state index contributed by atoms with van der Waals surface area (Å²) in [6, 6.07) is 12.0. The van der Waals surface area contributed by atoms with E-state index in [-0.39, 0.29) is 23.8 Å². The number of anilines is 1. The third kappa shape index (κ3) is 4.93. The van der Waals surface area contributed by atoms with Crippen molar-refractivity contribution in [1.82, 2.24) is 15.1 Å². The fraction of sp³-hybridized carbons (Fsp3) is 0.250. The third-order valence-corrected chi connectivity index (χ3v) is 5.38. The number of hydrogen-bond donors (Lipinski definition) is 1. The highest BCUT2D eigenvalue weighted by Gasteiger charge is 2.26. The number of aromatic nitrogens is 2. The zero-order valence-electron chi connectivity index (χ0n) is 15.3. The number of nitrogens with zero attached hydrogens (tertiary/aromatic N) is 3. The first-order valence-electron chi connectivity index (χ1n) is 9.06. The van der Waals surface area contributed by atoms with Crippen LogP contribution < -0.4 is 5.32 Å². The molecular weight excluding hydrogens is 398 g/mol. The highest BCUT2D eigenvalue weighted by molar-refractivity contribution is 7.15. The second-order valence-corrected chi connectivity index (χ2v) is 7.65. The molecule has 1 fully saturated rings. The van der Waals surface area contributed by atoms with E-state index in [0.29, 0.717) is 31.2 Å². The minimum atomic E-state index is -0.313. The Morgan fingerprint density at radius 2 is 1.79 bits per heavy atom. The van der Waals surface area contributed by atoms with Crippen molar-refractivity contribution in [2.75, 3.05) is 25.0 Å². The number of hydrogen-bond acceptors (Lipinski definition) is 5. The van der Waals surface area contributed by atoms with Crippen LogP contribution in [0.3, 0.4) is 0 Å². The Bertz CT molecular complexity index is 979. The summed E-state index contributed by atoms with van der Waals surface area (Å²) in [4.78, 5) is 14.2. The van der Waals surface area contributed by atoms with E-state index in [4.69, 9.17) is 4.74 Å². The van der Waals surface area contributed by atoms with Gasteiger partial charge in [-0.15, -0.1) is 10.2 Å². The number of carbonyl (C=O) groups excluding carboxylic acids is 1. The van der Waals surface area contributed by atoms with Gasteiger partial charge in [-0.25, -0.2) is 13.6 Å². The van der Waals surface area contributed by atoms with Crippen molar-refractivity contribution in [3.8, 4) is 0 Å². The lowest BCUT2D eigenvalue weighted by Gasteiger charge is -2.32. The van der Waals surface area contributed by atoms with E-state index in [0.717, 1.165) is 16.1 Å². The molecule has 0 bridgehead atoms. The summed E-state index contributed by atoms with van der Waals surface area (Å²) in [6.45, 7) is 1.20. The zero-order valence-corrected chi connectivity index (χ0v) is 16.2. The molecular formula is C20H18F2N4O2S. The van der Waals surface area contributed by atoms with Gasteiger partial charge >= 0.3 is 6.03 Å². The number of amides is 2. The van der Waals surface area contributed by atoms with Crippen molar-refractivity contribution < 1.29 is 18.3 Å². The Kier molecular flexibility index (Phi) is 5.77. The van der Waals surface area contributed by atoms with Crippen LogP contribution in [0.2, 0.25) is 0 Å². The average molecular weight is 416 g/mol. The molecule has 0 aliphatic carbocycles. The van der Waals surface area contributed by atoms with E-state index >= 15 is 0 Å². The second kappa shape index (κ2) is 8.62. The van der Waals surface area contributed by atoms with Gasteiger partial charge < -0.3 is 9.64 Å². The fourth-order valence-electron chi connectivity index (χ4n) is 3.04. The number of urea groups is 1. The molecule has 1 N–H and O–H groups in total. The first-order chi connectivity index (χ1) is 14.1. The molecule has 0 spiro atoms. The average Bonchev–Trinajstić information content (AvgIpc) is 3.17. The minimum Gasteiger partial charge on any atom is -0.370 e. The first-order valence-corrected chi connectivity index (χ1v) is 9.88. The minimum absolute atomic E-state index is 0.287. The smallest absolute Gasteiger partial charge is 0.323 e. The maximum absolute atomic E-state index is 13.1. The number of halogens is 2. The molecule has 150 valence electrons. The molecule has 2 amide bonds. The summed E-state index contributed by atoms with van der Waals surface area (Å²) in [7, 11) is 0. The van der Waals surface area contributed by atoms with Gasteiger partial charge in [0, 0.05) is 13.0 Å². The summed E-state index contributed by atoms with van der Waals surface area (Å²) in [5.41, 5.74) is 1.73. The van der Waals surface area contributed by atoms with Crippen LogP contribution >= 0.6 is 11.3 Å². The van der Waals surface area contributed by atoms with Gasteiger partial charge in [0.1, 0.15) is 22.7 Å². The summed E-state index contributed by atoms with van der Waals surface area (Å²) in [5.74, 6) is -0.602. The predicted molar refractivity (Wildman–Crippen MR) is 105 cm³/mol. The van der Waals surface area contributed by atoms with Crippen molar-refractivity contribution in [1.29, 1.82) is 0 Å². The van der Waals surface area contributed by atoms with Gasteiger partial charge in [0.2, 0.25) is 5.13 Å². The number of carbonyl (C=O) groups is 1. The fourth-order valence-corrected chi connectivity index (χ4v) is 3.80. The molecule has 6 nitrogen and oxygen atoms in total. The number of rotatable bonds is 4. The largest absolute Gasteiger partial charge is 0.370 e. The SMILES string of the molecule is O=C(Nc1nnc(Cc2ccc(F)cc2)s1)N1CCOC(c2ccc(F)cc2)C1. The van der Waals surface area contributed by atoms with Crippen LogP contribution in [0, 0.1) is 11.6 Å². The van der Waals surface area contributed by atoms with E-state index in [1.807, 2.05) is 0 Å². The number of ether oxygens (including phenoxy) is 1. The summed E-state index contributed by atoms with van der Waals surface area (Å²) in [5, 5.41) is 12.0. The van der Waals surface area contributed by atoms with Crippen LogP contribution in [-0.2, 0) is 11.2 Å². The van der Waals surface area contributed by atoms with Crippen molar-refractivity contribution in [3.05, 3.63) is 76.3 Å². The quantitative estimate of drug-likeness (QED) is 0.698. The molecule has 1 atom stereocenters. The maximum atomic E-state index is 13.1. The summed E-state index contributed by atoms with van der Waals surface area (Å²) < 4.78 is 31.8. The summed E-state index contributed by atoms with van der Waals surface area (Å²) >= 11 is 1.28. The van der Waals surface area contributed by atoms with E-state index in [1.165, 1.54) is 35.6 Å². The molecule has 1 unspecified atom stereocenters. The Labute approximate surface area is 170 Å². The molecule has 4 rings (SSSR count). The highest BCUT2D eigenvalue weighted by Crippen LogP contribution is 2.24. The van der Waals surface area contributed by atoms with Crippen LogP contribution in [-0.4, -0.2) is 40.8 Å². The van der Waals surface area contributed by atoms with Crippen molar-refractivity contribution in [2.24, 2.45) is 0 Å². The highest BCUT2D eigenvalue weighted by atomic mass is 32.1. The molecule has 1 aromatic heterocycles. The normalized spacial score (nSPS) is 16.6. The number of nitrogens with one attached hydrogen (secondary N) is 1. The van der Waals surface area contributed by atoms with Crippen molar-refractivity contribution in [3.63, 3.8) is 0 Å². The van der Waals surface area contributed by atoms with Gasteiger partial charge in [-0.3, -0.25) is 5.32 Å². The Morgan fingerprint density at radius 1 is 1.10 bits per heavy atom. The molecule has 1 aliphatic heterocycles. The second-order valence-electron chi connectivity index (χ2n) is 6.59. The van der Waals surface area contributed by atoms with E-state index < -0.39 is 0 Å². The lowest BCUT2D eigenvalue weighted by molar-refractivity contribution is -0.0135. The van der Waals surface area contributed by atoms with E-state index in [1.54, 1.807) is 29.2 Å². The standard InChI is InChI=1S/C20H18F2N4O2S/c21-15-5-1-13(2-6-15)11-18-24-25-19(29-18)23-20(27)26-9-10-28-17(12-26)14-3-7-16(22)8-4-14/h1-8,17H,9-12H2,(H,23,25,27). The molecule has 1 saturated heterocycles. The van der Waals surface area contributed by atoms with Crippen LogP contribution in [0.15, 0.2) is 48.5 Å². The molecule has 2 aromatic carbocycles. The van der Waals surface area contributed by atoms with E-state index in [9.17, 15) is 13.6 Å². The molecule has 3 aromatic rings. The van der Waals surface area contributed by atoms with Gasteiger partial charge in [0.05, 0.1) is 13.2 Å². The van der Waals surface area contributed by atoms with Gasteiger partial charge in [-0.2, -0.15) is 0 Å². The van der Waals surface area contributed by atoms with Crippen LogP contribution in [0.4, 0.5) is 18.7 Å². The van der Waals surface area contributed by atoms with Crippen LogP contribution in [0.5, 0.6) is 0 Å². The zero-order chi connectivity index (χ0) is 20.2. The molecule has 1 aliphatic rings. The van der Waals surface area contributed by atoms with E-state index in [2.05, 4.69) is 15.5 Å². The van der Waals surface area contributed by atoms with Crippen molar-refractivity contribution >= 4 is 22.5 Å². The first kappa shape index (κ1) is 19.4. The third-order valence-electron chi connectivity index (χ3n) is 4.54. The molecule has 9 heteroatoms.